The van der Waals surface area contributed by atoms with Crippen LogP contribution in [0.15, 0.2) is 34.9 Å². The molecule has 0 fully saturated rings. The van der Waals surface area contributed by atoms with E-state index in [1.807, 2.05) is 25.4 Å². The van der Waals surface area contributed by atoms with E-state index < -0.39 is 0 Å². The lowest BCUT2D eigenvalue weighted by Crippen LogP contribution is -2.37. The quantitative estimate of drug-likeness (QED) is 0.614. The highest BCUT2D eigenvalue weighted by atomic mass is 16.3. The maximum Gasteiger partial charge on any atom is 0.134 e. The number of hydrogen-bond acceptors (Lipinski definition) is 3. The zero-order valence-corrected chi connectivity index (χ0v) is 10.7. The number of rotatable bonds is 5. The molecule has 2 aromatic rings. The van der Waals surface area contributed by atoms with E-state index in [0.29, 0.717) is 0 Å². The summed E-state index contributed by atoms with van der Waals surface area (Å²) in [4.78, 5) is 0. The number of nitrogens with one attached hydrogen (secondary N) is 2. The number of benzene rings is 1. The third kappa shape index (κ3) is 2.51. The molecule has 1 aromatic carbocycles. The van der Waals surface area contributed by atoms with Crippen molar-refractivity contribution in [1.82, 2.24) is 10.6 Å². The highest BCUT2D eigenvalue weighted by Crippen LogP contribution is 2.31. The van der Waals surface area contributed by atoms with E-state index in [2.05, 4.69) is 36.6 Å². The molecule has 0 aliphatic rings. The van der Waals surface area contributed by atoms with Crippen molar-refractivity contribution in [2.75, 3.05) is 20.3 Å². The van der Waals surface area contributed by atoms with Crippen LogP contribution in [0.25, 0.3) is 11.0 Å². The molecule has 0 saturated heterocycles. The molecule has 3 nitrogen and oxygen atoms in total. The molecule has 1 aromatic heterocycles. The Labute approximate surface area is 102 Å². The van der Waals surface area contributed by atoms with Gasteiger partial charge in [0.15, 0.2) is 0 Å². The summed E-state index contributed by atoms with van der Waals surface area (Å²) in [5.41, 5.74) is 2.28. The van der Waals surface area contributed by atoms with Gasteiger partial charge < -0.3 is 15.1 Å². The van der Waals surface area contributed by atoms with E-state index in [-0.39, 0.29) is 5.41 Å². The third-order valence-electron chi connectivity index (χ3n) is 3.08. The molecule has 0 atom stereocenters. The summed E-state index contributed by atoms with van der Waals surface area (Å²) in [7, 11) is 1.94. The summed E-state index contributed by atoms with van der Waals surface area (Å²) in [6.45, 7) is 6.19. The normalized spacial score (nSPS) is 12.2. The van der Waals surface area contributed by atoms with Crippen molar-refractivity contribution in [1.29, 1.82) is 0 Å². The van der Waals surface area contributed by atoms with Crippen LogP contribution in [0.1, 0.15) is 19.4 Å². The van der Waals surface area contributed by atoms with Crippen LogP contribution in [0.4, 0.5) is 0 Å². The minimum atomic E-state index is 0.0590. The molecule has 1 heterocycles. The van der Waals surface area contributed by atoms with Gasteiger partial charge in [-0.2, -0.15) is 0 Å². The summed E-state index contributed by atoms with van der Waals surface area (Å²) in [6, 6.07) is 8.18. The van der Waals surface area contributed by atoms with Crippen LogP contribution in [0, 0.1) is 0 Å². The first-order valence-corrected chi connectivity index (χ1v) is 5.97. The number of para-hydroxylation sites is 1. The van der Waals surface area contributed by atoms with Crippen molar-refractivity contribution >= 4 is 11.0 Å². The summed E-state index contributed by atoms with van der Waals surface area (Å²) >= 11 is 0. The molecule has 2 rings (SSSR count). The van der Waals surface area contributed by atoms with Crippen molar-refractivity contribution in [3.63, 3.8) is 0 Å². The molecule has 0 saturated carbocycles. The first-order chi connectivity index (χ1) is 8.15. The van der Waals surface area contributed by atoms with Crippen LogP contribution in [0.3, 0.4) is 0 Å². The fourth-order valence-corrected chi connectivity index (χ4v) is 2.10. The molecule has 0 aliphatic carbocycles. The lowest BCUT2D eigenvalue weighted by molar-refractivity contribution is 0.456. The average Bonchev–Trinajstić information content (AvgIpc) is 2.73. The molecular weight excluding hydrogens is 212 g/mol. The van der Waals surface area contributed by atoms with Crippen molar-refractivity contribution in [3.05, 3.63) is 36.1 Å². The van der Waals surface area contributed by atoms with Crippen LogP contribution in [0.2, 0.25) is 0 Å². The molecule has 92 valence electrons. The molecule has 17 heavy (non-hydrogen) atoms. The van der Waals surface area contributed by atoms with Gasteiger partial charge >= 0.3 is 0 Å². The monoisotopic (exact) mass is 232 g/mol. The van der Waals surface area contributed by atoms with Gasteiger partial charge in [-0.15, -0.1) is 0 Å². The van der Waals surface area contributed by atoms with E-state index in [1.165, 1.54) is 10.9 Å². The molecule has 3 heteroatoms. The number of fused-ring (bicyclic) bond motifs is 1. The van der Waals surface area contributed by atoms with E-state index in [0.717, 1.165) is 18.8 Å². The van der Waals surface area contributed by atoms with Gasteiger partial charge in [0.1, 0.15) is 5.58 Å². The van der Waals surface area contributed by atoms with Crippen molar-refractivity contribution in [3.8, 4) is 0 Å². The Bertz CT molecular complexity index is 488. The maximum atomic E-state index is 5.60. The molecule has 0 amide bonds. The molecule has 0 aliphatic heterocycles. The van der Waals surface area contributed by atoms with Gasteiger partial charge in [0.2, 0.25) is 0 Å². The predicted molar refractivity (Wildman–Crippen MR) is 71.2 cm³/mol. The second-order valence-electron chi connectivity index (χ2n) is 4.99. The Kier molecular flexibility index (Phi) is 3.50. The Morgan fingerprint density at radius 1 is 1.24 bits per heavy atom. The Morgan fingerprint density at radius 2 is 2.00 bits per heavy atom. The first-order valence-electron chi connectivity index (χ1n) is 5.97. The minimum Gasteiger partial charge on any atom is -0.464 e. The van der Waals surface area contributed by atoms with Crippen LogP contribution in [-0.2, 0) is 5.41 Å². The zero-order chi connectivity index (χ0) is 12.3. The van der Waals surface area contributed by atoms with Crippen LogP contribution < -0.4 is 10.6 Å². The topological polar surface area (TPSA) is 37.2 Å². The molecule has 0 unspecified atom stereocenters. The molecular formula is C14H20N2O. The number of furan rings is 1. The Hall–Kier alpha value is -1.32. The van der Waals surface area contributed by atoms with Gasteiger partial charge in [-0.25, -0.2) is 0 Å². The largest absolute Gasteiger partial charge is 0.464 e. The minimum absolute atomic E-state index is 0.0590. The third-order valence-corrected chi connectivity index (χ3v) is 3.08. The summed E-state index contributed by atoms with van der Waals surface area (Å²) in [6.07, 6.45) is 1.88. The zero-order valence-electron chi connectivity index (χ0n) is 10.7. The van der Waals surface area contributed by atoms with Crippen molar-refractivity contribution < 1.29 is 4.42 Å². The van der Waals surface area contributed by atoms with E-state index in [4.69, 9.17) is 4.42 Å². The van der Waals surface area contributed by atoms with Gasteiger partial charge in [-0.3, -0.25) is 0 Å². The molecule has 2 N–H and O–H groups in total. The molecule has 0 spiro atoms. The SMILES string of the molecule is CNCNCC(C)(C)c1coc2ccccc12. The lowest BCUT2D eigenvalue weighted by atomic mass is 9.84. The van der Waals surface area contributed by atoms with E-state index in [1.54, 1.807) is 0 Å². The molecule has 0 bridgehead atoms. The standard InChI is InChI=1S/C14H20N2O/c1-14(2,9-16-10-15-3)12-8-17-13-7-5-4-6-11(12)13/h4-8,15-16H,9-10H2,1-3H3. The highest BCUT2D eigenvalue weighted by Gasteiger charge is 2.24. The Balaban J connectivity index is 2.25. The first kappa shape index (κ1) is 12.1. The smallest absolute Gasteiger partial charge is 0.134 e. The van der Waals surface area contributed by atoms with E-state index >= 15 is 0 Å². The summed E-state index contributed by atoms with van der Waals surface area (Å²) in [5.74, 6) is 0. The maximum absolute atomic E-state index is 5.60. The molecule has 0 radical (unpaired) electrons. The van der Waals surface area contributed by atoms with Crippen LogP contribution in [0.5, 0.6) is 0 Å². The second kappa shape index (κ2) is 4.90. The van der Waals surface area contributed by atoms with Gasteiger partial charge in [0, 0.05) is 29.6 Å². The fraction of sp³-hybridized carbons (Fsp3) is 0.429. The van der Waals surface area contributed by atoms with Crippen molar-refractivity contribution in [2.45, 2.75) is 19.3 Å². The van der Waals surface area contributed by atoms with Gasteiger partial charge in [-0.05, 0) is 13.1 Å². The number of hydrogen-bond donors (Lipinski definition) is 2. The summed E-state index contributed by atoms with van der Waals surface area (Å²) in [5, 5.41) is 7.68. The second-order valence-corrected chi connectivity index (χ2v) is 4.99. The highest BCUT2D eigenvalue weighted by molar-refractivity contribution is 5.82. The van der Waals surface area contributed by atoms with E-state index in [9.17, 15) is 0 Å². The van der Waals surface area contributed by atoms with Crippen LogP contribution >= 0.6 is 0 Å². The fourth-order valence-electron chi connectivity index (χ4n) is 2.10. The van der Waals surface area contributed by atoms with Gasteiger partial charge in [-0.1, -0.05) is 32.0 Å². The summed E-state index contributed by atoms with van der Waals surface area (Å²) < 4.78 is 5.60. The predicted octanol–water partition coefficient (Wildman–Crippen LogP) is 2.48. The van der Waals surface area contributed by atoms with Crippen molar-refractivity contribution in [2.24, 2.45) is 0 Å². The lowest BCUT2D eigenvalue weighted by Gasteiger charge is -2.24. The van der Waals surface area contributed by atoms with Gasteiger partial charge in [0.25, 0.3) is 0 Å². The van der Waals surface area contributed by atoms with Gasteiger partial charge in [0.05, 0.1) is 6.26 Å². The van der Waals surface area contributed by atoms with Crippen LogP contribution in [-0.4, -0.2) is 20.3 Å². The Morgan fingerprint density at radius 3 is 2.76 bits per heavy atom. The average molecular weight is 232 g/mol.